The Balaban J connectivity index is 2.35. The van der Waals surface area contributed by atoms with Gasteiger partial charge in [0.25, 0.3) is 0 Å². The van der Waals surface area contributed by atoms with Crippen molar-refractivity contribution in [2.24, 2.45) is 0 Å². The van der Waals surface area contributed by atoms with Crippen LogP contribution in [0.15, 0.2) is 24.4 Å². The summed E-state index contributed by atoms with van der Waals surface area (Å²) >= 11 is 0. The molecule has 0 atom stereocenters. The van der Waals surface area contributed by atoms with Gasteiger partial charge in [-0.05, 0) is 6.07 Å². The summed E-state index contributed by atoms with van der Waals surface area (Å²) in [7, 11) is 0. The maximum atomic E-state index is 13.4. The van der Waals surface area contributed by atoms with Crippen molar-refractivity contribution >= 4 is 16.9 Å². The Hall–Kier alpha value is -2.04. The number of carbonyl (C=O) groups is 1. The number of halogens is 1. The van der Waals surface area contributed by atoms with Crippen LogP contribution in [0.1, 0.15) is 12.2 Å². The molecule has 1 aromatic carbocycles. The number of rotatable bonds is 3. The average Bonchev–Trinajstić information content (AvgIpc) is 2.27. The van der Waals surface area contributed by atoms with Crippen LogP contribution in [0.3, 0.4) is 0 Å². The molecule has 0 saturated heterocycles. The van der Waals surface area contributed by atoms with Crippen LogP contribution in [-0.2, 0) is 11.2 Å². The van der Waals surface area contributed by atoms with E-state index in [1.54, 1.807) is 12.1 Å². The molecule has 2 rings (SSSR count). The molecule has 0 bridgehead atoms. The summed E-state index contributed by atoms with van der Waals surface area (Å²) in [4.78, 5) is 18.3. The third kappa shape index (κ3) is 2.13. The Labute approximate surface area is 90.8 Å². The van der Waals surface area contributed by atoms with Crippen LogP contribution < -0.4 is 0 Å². The number of hydrogen-bond donors (Lipinski definition) is 1. The number of para-hydroxylation sites is 1. The van der Waals surface area contributed by atoms with Crippen molar-refractivity contribution in [3.63, 3.8) is 0 Å². The van der Waals surface area contributed by atoms with Gasteiger partial charge in [0.1, 0.15) is 17.2 Å². The van der Waals surface area contributed by atoms with Crippen molar-refractivity contribution < 1.29 is 14.3 Å². The normalized spacial score (nSPS) is 10.6. The minimum atomic E-state index is -0.919. The van der Waals surface area contributed by atoms with E-state index in [1.165, 1.54) is 12.3 Å². The summed E-state index contributed by atoms with van der Waals surface area (Å²) in [5.74, 6) is -0.992. The molecular formula is C11H9FN2O2. The van der Waals surface area contributed by atoms with Gasteiger partial charge in [0.15, 0.2) is 0 Å². The largest absolute Gasteiger partial charge is 0.481 e. The summed E-state index contributed by atoms with van der Waals surface area (Å²) in [6, 6.07) is 4.60. The van der Waals surface area contributed by atoms with Crippen molar-refractivity contribution in [2.45, 2.75) is 12.8 Å². The Morgan fingerprint density at radius 1 is 1.44 bits per heavy atom. The number of aryl methyl sites for hydroxylation is 1. The van der Waals surface area contributed by atoms with Crippen molar-refractivity contribution in [2.75, 3.05) is 0 Å². The lowest BCUT2D eigenvalue weighted by Crippen LogP contribution is -2.02. The van der Waals surface area contributed by atoms with Crippen LogP contribution >= 0.6 is 0 Å². The van der Waals surface area contributed by atoms with Crippen molar-refractivity contribution in [1.29, 1.82) is 0 Å². The highest BCUT2D eigenvalue weighted by molar-refractivity contribution is 5.78. The van der Waals surface area contributed by atoms with E-state index >= 15 is 0 Å². The molecule has 1 aromatic heterocycles. The lowest BCUT2D eigenvalue weighted by atomic mass is 10.2. The van der Waals surface area contributed by atoms with Gasteiger partial charge in [-0.25, -0.2) is 14.4 Å². The van der Waals surface area contributed by atoms with Gasteiger partial charge >= 0.3 is 5.97 Å². The van der Waals surface area contributed by atoms with Crippen LogP contribution in [0, 0.1) is 5.82 Å². The summed E-state index contributed by atoms with van der Waals surface area (Å²) in [5, 5.41) is 9.12. The van der Waals surface area contributed by atoms with Gasteiger partial charge in [-0.2, -0.15) is 0 Å². The minimum absolute atomic E-state index is 0.0556. The smallest absolute Gasteiger partial charge is 0.303 e. The third-order valence-corrected chi connectivity index (χ3v) is 2.17. The highest BCUT2D eigenvalue weighted by Gasteiger charge is 2.06. The second kappa shape index (κ2) is 4.22. The van der Waals surface area contributed by atoms with Gasteiger partial charge in [-0.1, -0.05) is 12.1 Å². The Morgan fingerprint density at radius 2 is 2.25 bits per heavy atom. The van der Waals surface area contributed by atoms with Gasteiger partial charge in [0.05, 0.1) is 6.42 Å². The van der Waals surface area contributed by atoms with Crippen LogP contribution in [-0.4, -0.2) is 21.0 Å². The molecule has 5 heteroatoms. The fourth-order valence-electron chi connectivity index (χ4n) is 1.40. The lowest BCUT2D eigenvalue weighted by molar-refractivity contribution is -0.137. The number of aromatic nitrogens is 2. The number of carboxylic acid groups (broad SMARTS) is 1. The SMILES string of the molecule is O=C(O)CCc1ncc2cccc(F)c2n1. The highest BCUT2D eigenvalue weighted by atomic mass is 19.1. The monoisotopic (exact) mass is 220 g/mol. The van der Waals surface area contributed by atoms with Gasteiger partial charge < -0.3 is 5.11 Å². The molecule has 0 unspecified atom stereocenters. The van der Waals surface area contributed by atoms with E-state index in [0.717, 1.165) is 0 Å². The van der Waals surface area contributed by atoms with Crippen LogP contribution in [0.2, 0.25) is 0 Å². The third-order valence-electron chi connectivity index (χ3n) is 2.17. The second-order valence-corrected chi connectivity index (χ2v) is 3.36. The van der Waals surface area contributed by atoms with E-state index < -0.39 is 11.8 Å². The van der Waals surface area contributed by atoms with E-state index in [4.69, 9.17) is 5.11 Å². The Bertz CT molecular complexity index is 542. The molecule has 82 valence electrons. The van der Waals surface area contributed by atoms with E-state index in [1.807, 2.05) is 0 Å². The van der Waals surface area contributed by atoms with E-state index in [9.17, 15) is 9.18 Å². The molecule has 2 aromatic rings. The van der Waals surface area contributed by atoms with Crippen molar-refractivity contribution in [1.82, 2.24) is 9.97 Å². The molecule has 1 heterocycles. The Morgan fingerprint density at radius 3 is 3.00 bits per heavy atom. The minimum Gasteiger partial charge on any atom is -0.481 e. The number of aliphatic carboxylic acids is 1. The molecule has 0 fully saturated rings. The second-order valence-electron chi connectivity index (χ2n) is 3.36. The molecule has 16 heavy (non-hydrogen) atoms. The maximum absolute atomic E-state index is 13.4. The summed E-state index contributed by atoms with van der Waals surface area (Å²) in [6.07, 6.45) is 1.65. The van der Waals surface area contributed by atoms with E-state index in [2.05, 4.69) is 9.97 Å². The molecule has 0 amide bonds. The summed E-state index contributed by atoms with van der Waals surface area (Å²) in [6.45, 7) is 0. The fraction of sp³-hybridized carbons (Fsp3) is 0.182. The molecule has 4 nitrogen and oxygen atoms in total. The zero-order chi connectivity index (χ0) is 11.5. The maximum Gasteiger partial charge on any atom is 0.303 e. The number of benzene rings is 1. The number of carboxylic acids is 1. The van der Waals surface area contributed by atoms with Gasteiger partial charge in [-0.3, -0.25) is 4.79 Å². The highest BCUT2D eigenvalue weighted by Crippen LogP contribution is 2.14. The van der Waals surface area contributed by atoms with Gasteiger partial charge in [0, 0.05) is 18.0 Å². The zero-order valence-electron chi connectivity index (χ0n) is 8.35. The standard InChI is InChI=1S/C11H9FN2O2/c12-8-3-1-2-7-6-13-9(14-11(7)8)4-5-10(15)16/h1-3,6H,4-5H2,(H,15,16). The molecule has 0 aliphatic carbocycles. The van der Waals surface area contributed by atoms with E-state index in [-0.39, 0.29) is 18.4 Å². The van der Waals surface area contributed by atoms with Crippen molar-refractivity contribution in [3.8, 4) is 0 Å². The zero-order valence-corrected chi connectivity index (χ0v) is 8.35. The molecule has 0 aliphatic rings. The molecular weight excluding hydrogens is 211 g/mol. The van der Waals surface area contributed by atoms with Gasteiger partial charge in [0.2, 0.25) is 0 Å². The molecule has 0 aliphatic heterocycles. The summed E-state index contributed by atoms with van der Waals surface area (Å²) in [5.41, 5.74) is 0.234. The summed E-state index contributed by atoms with van der Waals surface area (Å²) < 4.78 is 13.4. The molecule has 0 radical (unpaired) electrons. The predicted octanol–water partition coefficient (Wildman–Crippen LogP) is 1.79. The predicted molar refractivity (Wildman–Crippen MR) is 55.5 cm³/mol. The first-order valence-electron chi connectivity index (χ1n) is 4.79. The number of fused-ring (bicyclic) bond motifs is 1. The quantitative estimate of drug-likeness (QED) is 0.856. The van der Waals surface area contributed by atoms with Crippen molar-refractivity contribution in [3.05, 3.63) is 36.0 Å². The first-order valence-corrected chi connectivity index (χ1v) is 4.79. The molecule has 0 spiro atoms. The Kier molecular flexibility index (Phi) is 2.76. The average molecular weight is 220 g/mol. The molecule has 1 N–H and O–H groups in total. The number of hydrogen-bond acceptors (Lipinski definition) is 3. The lowest BCUT2D eigenvalue weighted by Gasteiger charge is -2.01. The molecule has 0 saturated carbocycles. The first-order chi connectivity index (χ1) is 7.66. The first kappa shape index (κ1) is 10.5. The van der Waals surface area contributed by atoms with Crippen LogP contribution in [0.25, 0.3) is 10.9 Å². The fourth-order valence-corrected chi connectivity index (χ4v) is 1.40. The van der Waals surface area contributed by atoms with Crippen LogP contribution in [0.5, 0.6) is 0 Å². The topological polar surface area (TPSA) is 63.1 Å². The number of nitrogens with zero attached hydrogens (tertiary/aromatic N) is 2. The van der Waals surface area contributed by atoms with Crippen LogP contribution in [0.4, 0.5) is 4.39 Å². The van der Waals surface area contributed by atoms with E-state index in [0.29, 0.717) is 11.2 Å². The van der Waals surface area contributed by atoms with Gasteiger partial charge in [-0.15, -0.1) is 0 Å².